The third-order valence-corrected chi connectivity index (χ3v) is 7.05. The van der Waals surface area contributed by atoms with E-state index in [0.29, 0.717) is 5.92 Å². The highest BCUT2D eigenvalue weighted by molar-refractivity contribution is 7.12. The van der Waals surface area contributed by atoms with Gasteiger partial charge in [-0.2, -0.15) is 0 Å². The van der Waals surface area contributed by atoms with Gasteiger partial charge in [0.05, 0.1) is 22.1 Å². The van der Waals surface area contributed by atoms with Crippen LogP contribution in [0.15, 0.2) is 78.4 Å². The largest absolute Gasteiger partial charge is 0.343 e. The number of amides is 1. The van der Waals surface area contributed by atoms with Crippen LogP contribution < -0.4 is 5.32 Å². The highest BCUT2D eigenvalue weighted by atomic mass is 32.1. The van der Waals surface area contributed by atoms with E-state index < -0.39 is 0 Å². The highest BCUT2D eigenvalue weighted by Gasteiger charge is 2.31. The number of piperidine rings is 1. The molecule has 1 amide bonds. The summed E-state index contributed by atoms with van der Waals surface area (Å²) in [5.74, 6) is 0.281. The molecule has 3 aromatic heterocycles. The summed E-state index contributed by atoms with van der Waals surface area (Å²) in [5.41, 5.74) is 3.26. The number of thiophene rings is 1. The fourth-order valence-corrected chi connectivity index (χ4v) is 5.29. The molecular weight excluding hydrogens is 416 g/mol. The Labute approximate surface area is 192 Å². The van der Waals surface area contributed by atoms with Crippen LogP contribution in [0.3, 0.4) is 0 Å². The summed E-state index contributed by atoms with van der Waals surface area (Å²) in [6.45, 7) is 2.86. The lowest BCUT2D eigenvalue weighted by Crippen LogP contribution is -2.43. The van der Waals surface area contributed by atoms with Gasteiger partial charge in [-0.3, -0.25) is 19.7 Å². The second-order valence-corrected chi connectivity index (χ2v) is 9.26. The number of rotatable bonds is 6. The molecule has 6 heteroatoms. The van der Waals surface area contributed by atoms with E-state index in [1.807, 2.05) is 54.2 Å². The van der Waals surface area contributed by atoms with Crippen LogP contribution in [0.25, 0.3) is 10.9 Å². The molecular formula is C26H26N4OS. The molecule has 32 heavy (non-hydrogen) atoms. The predicted octanol–water partition coefficient (Wildman–Crippen LogP) is 5.07. The third kappa shape index (κ3) is 4.56. The van der Waals surface area contributed by atoms with Crippen molar-refractivity contribution >= 4 is 28.1 Å². The van der Waals surface area contributed by atoms with E-state index in [9.17, 15) is 4.79 Å². The summed E-state index contributed by atoms with van der Waals surface area (Å²) in [4.78, 5) is 25.2. The van der Waals surface area contributed by atoms with Crippen molar-refractivity contribution in [2.75, 3.05) is 13.1 Å². The van der Waals surface area contributed by atoms with E-state index in [2.05, 4.69) is 44.5 Å². The van der Waals surface area contributed by atoms with Gasteiger partial charge in [0, 0.05) is 30.9 Å². The maximum atomic E-state index is 12.9. The van der Waals surface area contributed by atoms with Crippen LogP contribution in [-0.2, 0) is 6.54 Å². The van der Waals surface area contributed by atoms with Crippen molar-refractivity contribution in [3.63, 3.8) is 0 Å². The molecule has 2 atom stereocenters. The van der Waals surface area contributed by atoms with E-state index in [0.717, 1.165) is 48.6 Å². The molecule has 0 spiro atoms. The lowest BCUT2D eigenvalue weighted by molar-refractivity contribution is 0.0879. The van der Waals surface area contributed by atoms with Crippen LogP contribution in [0, 0.1) is 5.92 Å². The summed E-state index contributed by atoms with van der Waals surface area (Å²) in [6.07, 6.45) is 5.82. The van der Waals surface area contributed by atoms with E-state index >= 15 is 0 Å². The van der Waals surface area contributed by atoms with E-state index in [1.165, 1.54) is 22.3 Å². The van der Waals surface area contributed by atoms with Gasteiger partial charge < -0.3 is 5.32 Å². The number of nitrogens with one attached hydrogen (secondary N) is 1. The molecule has 4 aromatic rings. The topological polar surface area (TPSA) is 58.1 Å². The number of hydrogen-bond donors (Lipinski definition) is 1. The summed E-state index contributed by atoms with van der Waals surface area (Å²) in [5, 5.41) is 6.44. The van der Waals surface area contributed by atoms with Crippen LogP contribution in [-0.4, -0.2) is 33.9 Å². The van der Waals surface area contributed by atoms with Crippen LogP contribution in [0.4, 0.5) is 0 Å². The molecule has 0 bridgehead atoms. The molecule has 0 unspecified atom stereocenters. The smallest absolute Gasteiger partial charge is 0.261 e. The van der Waals surface area contributed by atoms with E-state index in [4.69, 9.17) is 0 Å². The molecule has 5 nitrogen and oxygen atoms in total. The summed E-state index contributed by atoms with van der Waals surface area (Å²) in [6, 6.07) is 20.1. The standard InChI is InChI=1S/C26H26N4OS/c31-26(24-12-6-16-32-24)29-25(23-10-1-2-13-28-23)20-8-5-15-30(18-20)17-19-7-3-11-22-21(19)9-4-14-27-22/h1-4,6-7,9-14,16,20,25H,5,8,15,17-18H2,(H,29,31)/t20-,25-/m1/s1. The first-order valence-electron chi connectivity index (χ1n) is 11.1. The number of fused-ring (bicyclic) bond motifs is 1. The average molecular weight is 443 g/mol. The van der Waals surface area contributed by atoms with Gasteiger partial charge in [-0.05, 0) is 66.6 Å². The Hall–Kier alpha value is -3.09. The van der Waals surface area contributed by atoms with Gasteiger partial charge in [-0.25, -0.2) is 0 Å². The second kappa shape index (κ2) is 9.59. The fraction of sp³-hybridized carbons (Fsp3) is 0.269. The minimum Gasteiger partial charge on any atom is -0.343 e. The Bertz CT molecular complexity index is 1170. The van der Waals surface area contributed by atoms with Crippen molar-refractivity contribution in [1.29, 1.82) is 0 Å². The Morgan fingerprint density at radius 3 is 2.84 bits per heavy atom. The summed E-state index contributed by atoms with van der Waals surface area (Å²) >= 11 is 1.47. The van der Waals surface area contributed by atoms with E-state index in [-0.39, 0.29) is 11.9 Å². The molecule has 1 aliphatic rings. The molecule has 1 fully saturated rings. The van der Waals surface area contributed by atoms with Crippen molar-refractivity contribution in [3.05, 3.63) is 94.6 Å². The lowest BCUT2D eigenvalue weighted by Gasteiger charge is -2.37. The molecule has 5 rings (SSSR count). The van der Waals surface area contributed by atoms with Crippen molar-refractivity contribution < 1.29 is 4.79 Å². The number of carbonyl (C=O) groups is 1. The monoisotopic (exact) mass is 442 g/mol. The molecule has 0 radical (unpaired) electrons. The lowest BCUT2D eigenvalue weighted by atomic mass is 9.88. The molecule has 4 heterocycles. The van der Waals surface area contributed by atoms with Crippen LogP contribution in [0.5, 0.6) is 0 Å². The van der Waals surface area contributed by atoms with Crippen molar-refractivity contribution in [2.45, 2.75) is 25.4 Å². The van der Waals surface area contributed by atoms with Gasteiger partial charge in [0.25, 0.3) is 5.91 Å². The van der Waals surface area contributed by atoms with Crippen molar-refractivity contribution in [2.24, 2.45) is 5.92 Å². The maximum Gasteiger partial charge on any atom is 0.261 e. The van der Waals surface area contributed by atoms with E-state index in [1.54, 1.807) is 0 Å². The molecule has 0 saturated carbocycles. The fourth-order valence-electron chi connectivity index (χ4n) is 4.67. The molecule has 162 valence electrons. The molecule has 1 saturated heterocycles. The number of benzene rings is 1. The third-order valence-electron chi connectivity index (χ3n) is 6.18. The highest BCUT2D eigenvalue weighted by Crippen LogP contribution is 2.31. The SMILES string of the molecule is O=C(N[C@@H](c1ccccn1)[C@@H]1CCCN(Cc2cccc3ncccc23)C1)c1cccs1. The minimum absolute atomic E-state index is 0.0205. The first-order chi connectivity index (χ1) is 15.8. The second-order valence-electron chi connectivity index (χ2n) is 8.31. The van der Waals surface area contributed by atoms with Crippen molar-refractivity contribution in [1.82, 2.24) is 20.2 Å². The summed E-state index contributed by atoms with van der Waals surface area (Å²) in [7, 11) is 0. The zero-order valence-corrected chi connectivity index (χ0v) is 18.7. The van der Waals surface area contributed by atoms with Gasteiger partial charge in [0.1, 0.15) is 0 Å². The number of hydrogen-bond acceptors (Lipinski definition) is 5. The molecule has 1 aliphatic heterocycles. The zero-order chi connectivity index (χ0) is 21.8. The zero-order valence-electron chi connectivity index (χ0n) is 17.9. The first-order valence-corrected chi connectivity index (χ1v) is 12.0. The van der Waals surface area contributed by atoms with Gasteiger partial charge in [-0.1, -0.05) is 30.3 Å². The maximum absolute atomic E-state index is 12.9. The molecule has 1 aromatic carbocycles. The minimum atomic E-state index is -0.109. The van der Waals surface area contributed by atoms with Gasteiger partial charge in [0.15, 0.2) is 0 Å². The Morgan fingerprint density at radius 2 is 2.00 bits per heavy atom. The van der Waals surface area contributed by atoms with Crippen LogP contribution >= 0.6 is 11.3 Å². The first kappa shape index (κ1) is 20.8. The Balaban J connectivity index is 1.36. The number of likely N-dealkylation sites (tertiary alicyclic amines) is 1. The van der Waals surface area contributed by atoms with Crippen LogP contribution in [0.1, 0.15) is 39.8 Å². The summed E-state index contributed by atoms with van der Waals surface area (Å²) < 4.78 is 0. The van der Waals surface area contributed by atoms with Gasteiger partial charge >= 0.3 is 0 Å². The average Bonchev–Trinajstić information content (AvgIpc) is 3.39. The Morgan fingerprint density at radius 1 is 1.06 bits per heavy atom. The Kier molecular flexibility index (Phi) is 6.23. The van der Waals surface area contributed by atoms with Crippen LogP contribution in [0.2, 0.25) is 0 Å². The van der Waals surface area contributed by atoms with Gasteiger partial charge in [-0.15, -0.1) is 11.3 Å². The number of nitrogens with zero attached hydrogens (tertiary/aromatic N) is 3. The number of carbonyl (C=O) groups excluding carboxylic acids is 1. The normalized spacial score (nSPS) is 17.8. The number of aromatic nitrogens is 2. The molecule has 0 aliphatic carbocycles. The quantitative estimate of drug-likeness (QED) is 0.453. The van der Waals surface area contributed by atoms with Gasteiger partial charge in [0.2, 0.25) is 0 Å². The van der Waals surface area contributed by atoms with Crippen molar-refractivity contribution in [3.8, 4) is 0 Å². The number of pyridine rings is 2. The molecule has 1 N–H and O–H groups in total. The predicted molar refractivity (Wildman–Crippen MR) is 129 cm³/mol.